The second kappa shape index (κ2) is 7.38. The van der Waals surface area contributed by atoms with Gasteiger partial charge in [-0.15, -0.1) is 0 Å². The molecule has 0 radical (unpaired) electrons. The molecule has 0 saturated carbocycles. The van der Waals surface area contributed by atoms with Crippen molar-refractivity contribution in [1.29, 1.82) is 0 Å². The Morgan fingerprint density at radius 1 is 0.955 bits per heavy atom. The SMILES string of the molecule is CC(=O)Nc1ccc(NC(=O)CC(N)c2ccccc2)cc1. The minimum atomic E-state index is -0.333. The van der Waals surface area contributed by atoms with Gasteiger partial charge in [-0.3, -0.25) is 9.59 Å². The maximum atomic E-state index is 12.0. The van der Waals surface area contributed by atoms with Gasteiger partial charge >= 0.3 is 0 Å². The number of amides is 2. The molecule has 0 spiro atoms. The number of nitrogens with two attached hydrogens (primary N) is 1. The average Bonchev–Trinajstić information content (AvgIpc) is 2.49. The zero-order valence-corrected chi connectivity index (χ0v) is 12.4. The monoisotopic (exact) mass is 297 g/mol. The molecule has 2 rings (SSSR count). The quantitative estimate of drug-likeness (QED) is 0.793. The highest BCUT2D eigenvalue weighted by atomic mass is 16.2. The van der Waals surface area contributed by atoms with E-state index in [0.29, 0.717) is 11.4 Å². The molecule has 1 unspecified atom stereocenters. The average molecular weight is 297 g/mol. The molecule has 4 N–H and O–H groups in total. The zero-order chi connectivity index (χ0) is 15.9. The maximum absolute atomic E-state index is 12.0. The summed E-state index contributed by atoms with van der Waals surface area (Å²) in [5.41, 5.74) is 8.30. The molecule has 22 heavy (non-hydrogen) atoms. The van der Waals surface area contributed by atoms with E-state index in [2.05, 4.69) is 10.6 Å². The Balaban J connectivity index is 1.90. The van der Waals surface area contributed by atoms with E-state index in [1.807, 2.05) is 30.3 Å². The number of benzene rings is 2. The summed E-state index contributed by atoms with van der Waals surface area (Å²) < 4.78 is 0. The molecule has 2 amide bonds. The Labute approximate surface area is 129 Å². The fraction of sp³-hybridized carbons (Fsp3) is 0.176. The molecule has 5 heteroatoms. The molecule has 0 aliphatic carbocycles. The van der Waals surface area contributed by atoms with Crippen LogP contribution in [0.2, 0.25) is 0 Å². The van der Waals surface area contributed by atoms with Crippen LogP contribution in [-0.4, -0.2) is 11.8 Å². The molecule has 2 aromatic rings. The molecule has 1 atom stereocenters. The topological polar surface area (TPSA) is 84.2 Å². The van der Waals surface area contributed by atoms with Gasteiger partial charge in [-0.1, -0.05) is 30.3 Å². The molecule has 2 aromatic carbocycles. The molecule has 0 aliphatic heterocycles. The van der Waals surface area contributed by atoms with Crippen LogP contribution in [0.15, 0.2) is 54.6 Å². The second-order valence-corrected chi connectivity index (χ2v) is 5.03. The summed E-state index contributed by atoms with van der Waals surface area (Å²) in [5, 5.41) is 5.46. The lowest BCUT2D eigenvalue weighted by atomic mass is 10.0. The number of hydrogen-bond donors (Lipinski definition) is 3. The third-order valence-electron chi connectivity index (χ3n) is 3.12. The van der Waals surface area contributed by atoms with E-state index in [0.717, 1.165) is 5.56 Å². The molecule has 0 fully saturated rings. The van der Waals surface area contributed by atoms with Crippen molar-refractivity contribution < 1.29 is 9.59 Å². The summed E-state index contributed by atoms with van der Waals surface area (Å²) in [6.07, 6.45) is 0.206. The summed E-state index contributed by atoms with van der Waals surface area (Å²) in [6, 6.07) is 16.1. The lowest BCUT2D eigenvalue weighted by Crippen LogP contribution is -2.20. The molecule has 0 aliphatic rings. The Morgan fingerprint density at radius 2 is 1.50 bits per heavy atom. The van der Waals surface area contributed by atoms with Gasteiger partial charge in [-0.05, 0) is 29.8 Å². The molecule has 0 aromatic heterocycles. The van der Waals surface area contributed by atoms with E-state index >= 15 is 0 Å². The van der Waals surface area contributed by atoms with E-state index in [1.165, 1.54) is 6.92 Å². The summed E-state index contributed by atoms with van der Waals surface area (Å²) in [4.78, 5) is 22.9. The van der Waals surface area contributed by atoms with Gasteiger partial charge in [0, 0.05) is 30.8 Å². The molecule has 0 bridgehead atoms. The summed E-state index contributed by atoms with van der Waals surface area (Å²) in [7, 11) is 0. The van der Waals surface area contributed by atoms with Gasteiger partial charge in [0.1, 0.15) is 0 Å². The summed E-state index contributed by atoms with van der Waals surface area (Å²) >= 11 is 0. The number of hydrogen-bond acceptors (Lipinski definition) is 3. The first-order valence-corrected chi connectivity index (χ1v) is 7.02. The molecule has 114 valence electrons. The van der Waals surface area contributed by atoms with Gasteiger partial charge in [-0.25, -0.2) is 0 Å². The minimum absolute atomic E-state index is 0.134. The van der Waals surface area contributed by atoms with Crippen LogP contribution in [0.4, 0.5) is 11.4 Å². The van der Waals surface area contributed by atoms with Crippen molar-refractivity contribution in [2.45, 2.75) is 19.4 Å². The van der Waals surface area contributed by atoms with Crippen molar-refractivity contribution in [3.05, 3.63) is 60.2 Å². The Morgan fingerprint density at radius 3 is 2.05 bits per heavy atom. The highest BCUT2D eigenvalue weighted by Crippen LogP contribution is 2.17. The smallest absolute Gasteiger partial charge is 0.226 e. The highest BCUT2D eigenvalue weighted by Gasteiger charge is 2.11. The lowest BCUT2D eigenvalue weighted by Gasteiger charge is -2.12. The fourth-order valence-corrected chi connectivity index (χ4v) is 2.07. The van der Waals surface area contributed by atoms with Crippen LogP contribution in [0.3, 0.4) is 0 Å². The van der Waals surface area contributed by atoms with Crippen LogP contribution in [0.1, 0.15) is 24.9 Å². The lowest BCUT2D eigenvalue weighted by molar-refractivity contribution is -0.116. The number of carbonyl (C=O) groups excluding carboxylic acids is 2. The van der Waals surface area contributed by atoms with Gasteiger partial charge in [0.05, 0.1) is 0 Å². The van der Waals surface area contributed by atoms with Gasteiger partial charge in [-0.2, -0.15) is 0 Å². The van der Waals surface area contributed by atoms with Gasteiger partial charge in [0.2, 0.25) is 11.8 Å². The fourth-order valence-electron chi connectivity index (χ4n) is 2.07. The van der Waals surface area contributed by atoms with Gasteiger partial charge in [0.15, 0.2) is 0 Å². The van der Waals surface area contributed by atoms with E-state index in [4.69, 9.17) is 5.73 Å². The van der Waals surface area contributed by atoms with E-state index in [-0.39, 0.29) is 24.3 Å². The van der Waals surface area contributed by atoms with Crippen molar-refractivity contribution in [1.82, 2.24) is 0 Å². The Bertz CT molecular complexity index is 639. The van der Waals surface area contributed by atoms with Crippen LogP contribution in [0.5, 0.6) is 0 Å². The number of anilines is 2. The van der Waals surface area contributed by atoms with E-state index < -0.39 is 0 Å². The van der Waals surface area contributed by atoms with Crippen molar-refractivity contribution >= 4 is 23.2 Å². The Hall–Kier alpha value is -2.66. The third kappa shape index (κ3) is 4.71. The van der Waals surface area contributed by atoms with Gasteiger partial charge in [0.25, 0.3) is 0 Å². The van der Waals surface area contributed by atoms with Crippen LogP contribution in [0, 0.1) is 0 Å². The maximum Gasteiger partial charge on any atom is 0.226 e. The van der Waals surface area contributed by atoms with Crippen molar-refractivity contribution in [2.75, 3.05) is 10.6 Å². The van der Waals surface area contributed by atoms with Crippen LogP contribution in [0.25, 0.3) is 0 Å². The normalized spacial score (nSPS) is 11.5. The summed E-state index contributed by atoms with van der Waals surface area (Å²) in [5.74, 6) is -0.283. The predicted octanol–water partition coefficient (Wildman–Crippen LogP) is 2.67. The summed E-state index contributed by atoms with van der Waals surface area (Å²) in [6.45, 7) is 1.45. The highest BCUT2D eigenvalue weighted by molar-refractivity contribution is 5.92. The van der Waals surface area contributed by atoms with Crippen LogP contribution < -0.4 is 16.4 Å². The van der Waals surface area contributed by atoms with Crippen molar-refractivity contribution in [3.63, 3.8) is 0 Å². The zero-order valence-electron chi connectivity index (χ0n) is 12.4. The number of carbonyl (C=O) groups is 2. The number of nitrogens with one attached hydrogen (secondary N) is 2. The molecule has 0 saturated heterocycles. The molecular formula is C17H19N3O2. The standard InChI is InChI=1S/C17H19N3O2/c1-12(21)19-14-7-9-15(10-8-14)20-17(22)11-16(18)13-5-3-2-4-6-13/h2-10,16H,11,18H2,1H3,(H,19,21)(H,20,22). The first-order valence-electron chi connectivity index (χ1n) is 7.02. The van der Waals surface area contributed by atoms with Crippen molar-refractivity contribution in [3.8, 4) is 0 Å². The largest absolute Gasteiger partial charge is 0.326 e. The van der Waals surface area contributed by atoms with Crippen LogP contribution >= 0.6 is 0 Å². The molecule has 5 nitrogen and oxygen atoms in total. The predicted molar refractivity (Wildman–Crippen MR) is 87.4 cm³/mol. The first kappa shape index (κ1) is 15.7. The molecule has 0 heterocycles. The van der Waals surface area contributed by atoms with Crippen LogP contribution in [-0.2, 0) is 9.59 Å². The first-order chi connectivity index (χ1) is 10.5. The van der Waals surface area contributed by atoms with E-state index in [1.54, 1.807) is 24.3 Å². The van der Waals surface area contributed by atoms with E-state index in [9.17, 15) is 9.59 Å². The number of rotatable bonds is 5. The van der Waals surface area contributed by atoms with Crippen molar-refractivity contribution in [2.24, 2.45) is 5.73 Å². The third-order valence-corrected chi connectivity index (χ3v) is 3.12. The second-order valence-electron chi connectivity index (χ2n) is 5.03. The van der Waals surface area contributed by atoms with Gasteiger partial charge < -0.3 is 16.4 Å². The Kier molecular flexibility index (Phi) is 5.27. The molecular weight excluding hydrogens is 278 g/mol. The minimum Gasteiger partial charge on any atom is -0.326 e.